The fourth-order valence-electron chi connectivity index (χ4n) is 3.32. The highest BCUT2D eigenvalue weighted by Crippen LogP contribution is 2.36. The van der Waals surface area contributed by atoms with Gasteiger partial charge < -0.3 is 4.42 Å². The molecule has 110 valence electrons. The summed E-state index contributed by atoms with van der Waals surface area (Å²) in [6.07, 6.45) is 1.47. The van der Waals surface area contributed by atoms with Gasteiger partial charge in [-0.2, -0.15) is 0 Å². The molecule has 0 saturated carbocycles. The van der Waals surface area contributed by atoms with Gasteiger partial charge in [0.1, 0.15) is 11.5 Å². The number of carbonyl (C=O) groups is 1. The van der Waals surface area contributed by atoms with Gasteiger partial charge in [0, 0.05) is 11.8 Å². The highest BCUT2D eigenvalue weighted by atomic mass is 16.4. The van der Waals surface area contributed by atoms with Gasteiger partial charge in [-0.25, -0.2) is 9.36 Å². The predicted molar refractivity (Wildman–Crippen MR) is 79.9 cm³/mol. The third kappa shape index (κ3) is 2.24. The molecule has 0 aliphatic heterocycles. The quantitative estimate of drug-likeness (QED) is 0.852. The zero-order chi connectivity index (χ0) is 15.1. The van der Waals surface area contributed by atoms with Crippen LogP contribution in [0.1, 0.15) is 43.2 Å². The van der Waals surface area contributed by atoms with Crippen LogP contribution in [0.5, 0.6) is 0 Å². The summed E-state index contributed by atoms with van der Waals surface area (Å²) in [7, 11) is 0. The van der Waals surface area contributed by atoms with E-state index in [1.165, 1.54) is 0 Å². The van der Waals surface area contributed by atoms with Gasteiger partial charge in [-0.15, -0.1) is 0 Å². The van der Waals surface area contributed by atoms with Crippen LogP contribution in [0, 0.1) is 12.8 Å². The van der Waals surface area contributed by atoms with Crippen LogP contribution in [0.2, 0.25) is 0 Å². The summed E-state index contributed by atoms with van der Waals surface area (Å²) >= 11 is 0. The maximum atomic E-state index is 12.3. The Bertz CT molecular complexity index is 754. The largest absolute Gasteiger partial charge is 0.424 e. The molecule has 3 rings (SSSR count). The number of hydrogen-bond acceptors (Lipinski definition) is 3. The highest BCUT2D eigenvalue weighted by Gasteiger charge is 2.35. The molecule has 4 heteroatoms. The molecule has 0 unspecified atom stereocenters. The first-order valence-electron chi connectivity index (χ1n) is 7.31. The van der Waals surface area contributed by atoms with Crippen molar-refractivity contribution in [2.45, 2.75) is 39.5 Å². The summed E-state index contributed by atoms with van der Waals surface area (Å²) in [6.45, 7) is 5.57. The van der Waals surface area contributed by atoms with E-state index < -0.39 is 0 Å². The number of ketones is 1. The average Bonchev–Trinajstić information content (AvgIpc) is 2.76. The van der Waals surface area contributed by atoms with Gasteiger partial charge in [0.05, 0.1) is 11.4 Å². The number of aryl methyl sites for hydroxylation is 1. The fourth-order valence-corrected chi connectivity index (χ4v) is 3.32. The smallest absolute Gasteiger partial charge is 0.412 e. The van der Waals surface area contributed by atoms with E-state index in [1.54, 1.807) is 11.5 Å². The van der Waals surface area contributed by atoms with Crippen molar-refractivity contribution in [2.75, 3.05) is 0 Å². The molecule has 0 N–H and O–H groups in total. The van der Waals surface area contributed by atoms with Crippen molar-refractivity contribution >= 4 is 5.78 Å². The third-order valence-electron chi connectivity index (χ3n) is 4.43. The number of hydrogen-bond donors (Lipinski definition) is 0. The van der Waals surface area contributed by atoms with E-state index in [9.17, 15) is 9.59 Å². The van der Waals surface area contributed by atoms with Crippen LogP contribution in [0.4, 0.5) is 0 Å². The van der Waals surface area contributed by atoms with Gasteiger partial charge in [0.25, 0.3) is 0 Å². The lowest BCUT2D eigenvalue weighted by Crippen LogP contribution is -2.25. The van der Waals surface area contributed by atoms with Crippen LogP contribution in [-0.4, -0.2) is 10.4 Å². The van der Waals surface area contributed by atoms with E-state index in [0.29, 0.717) is 12.2 Å². The Hall–Kier alpha value is -2.10. The number of Topliss-reactive ketones (excluding diaryl/α,β-unsaturated/α-hetero) is 1. The first-order valence-corrected chi connectivity index (χ1v) is 7.31. The number of carbonyl (C=O) groups excluding carboxylic acids is 1. The van der Waals surface area contributed by atoms with E-state index in [-0.39, 0.29) is 23.4 Å². The molecule has 0 radical (unpaired) electrons. The molecule has 0 amide bonds. The van der Waals surface area contributed by atoms with Gasteiger partial charge in [-0.3, -0.25) is 4.79 Å². The van der Waals surface area contributed by atoms with Crippen LogP contribution in [0.15, 0.2) is 33.5 Å². The Kier molecular flexibility index (Phi) is 3.32. The molecule has 1 aromatic heterocycles. The molecule has 21 heavy (non-hydrogen) atoms. The van der Waals surface area contributed by atoms with Crippen molar-refractivity contribution in [2.24, 2.45) is 5.92 Å². The molecule has 1 heterocycles. The lowest BCUT2D eigenvalue weighted by molar-refractivity contribution is -0.121. The normalized spacial score (nSPS) is 21.1. The molecule has 2 aromatic rings. The molecule has 0 fully saturated rings. The minimum Gasteiger partial charge on any atom is -0.412 e. The van der Waals surface area contributed by atoms with Crippen molar-refractivity contribution < 1.29 is 9.21 Å². The third-order valence-corrected chi connectivity index (χ3v) is 4.43. The molecular weight excluding hydrogens is 266 g/mol. The van der Waals surface area contributed by atoms with Gasteiger partial charge in [0.15, 0.2) is 0 Å². The molecule has 1 aliphatic rings. The van der Waals surface area contributed by atoms with Gasteiger partial charge in [-0.1, -0.05) is 19.1 Å². The van der Waals surface area contributed by atoms with E-state index in [0.717, 1.165) is 23.4 Å². The van der Waals surface area contributed by atoms with Crippen molar-refractivity contribution in [3.05, 3.63) is 51.8 Å². The molecule has 2 atom stereocenters. The summed E-state index contributed by atoms with van der Waals surface area (Å²) < 4.78 is 7.13. The van der Waals surface area contributed by atoms with E-state index in [1.807, 2.05) is 38.1 Å². The van der Waals surface area contributed by atoms with Gasteiger partial charge >= 0.3 is 5.76 Å². The number of benzene rings is 1. The second-order valence-corrected chi connectivity index (χ2v) is 5.90. The molecule has 4 nitrogen and oxygen atoms in total. The van der Waals surface area contributed by atoms with E-state index >= 15 is 0 Å². The van der Waals surface area contributed by atoms with Crippen LogP contribution in [-0.2, 0) is 11.2 Å². The Balaban J connectivity index is 2.13. The zero-order valence-corrected chi connectivity index (χ0v) is 12.6. The summed E-state index contributed by atoms with van der Waals surface area (Å²) in [4.78, 5) is 24.0. The minimum atomic E-state index is -0.360. The maximum Gasteiger partial charge on any atom is 0.424 e. The maximum absolute atomic E-state index is 12.3. The standard InChI is InChI=1S/C17H19NO3/c1-10-5-4-6-13(9-10)18-15-8-7-14(12(3)19)11(2)16(15)21-17(18)20/h4-6,9,11,14H,7-8H2,1-3H3/t11-,14-/m0/s1. The summed E-state index contributed by atoms with van der Waals surface area (Å²) in [5.41, 5.74) is 2.84. The van der Waals surface area contributed by atoms with E-state index in [2.05, 4.69) is 0 Å². The number of nitrogens with zero attached hydrogens (tertiary/aromatic N) is 1. The molecule has 1 aromatic carbocycles. The summed E-state index contributed by atoms with van der Waals surface area (Å²) in [6, 6.07) is 7.81. The first kappa shape index (κ1) is 13.9. The van der Waals surface area contributed by atoms with Crippen molar-refractivity contribution in [3.8, 4) is 5.69 Å². The zero-order valence-electron chi connectivity index (χ0n) is 12.6. The Morgan fingerprint density at radius 2 is 2.14 bits per heavy atom. The molecule has 1 aliphatic carbocycles. The van der Waals surface area contributed by atoms with Crippen LogP contribution < -0.4 is 5.76 Å². The highest BCUT2D eigenvalue weighted by molar-refractivity contribution is 5.79. The minimum absolute atomic E-state index is 0.0370. The monoisotopic (exact) mass is 285 g/mol. The molecule has 0 spiro atoms. The van der Waals surface area contributed by atoms with Crippen molar-refractivity contribution in [1.29, 1.82) is 0 Å². The van der Waals surface area contributed by atoms with Crippen LogP contribution >= 0.6 is 0 Å². The second-order valence-electron chi connectivity index (χ2n) is 5.90. The lowest BCUT2D eigenvalue weighted by Gasteiger charge is -2.25. The van der Waals surface area contributed by atoms with Crippen molar-refractivity contribution in [1.82, 2.24) is 4.57 Å². The number of rotatable bonds is 2. The molecule has 0 bridgehead atoms. The molecule has 0 saturated heterocycles. The van der Waals surface area contributed by atoms with Crippen molar-refractivity contribution in [3.63, 3.8) is 0 Å². The Labute approximate surface area is 123 Å². The molecular formula is C17H19NO3. The Morgan fingerprint density at radius 3 is 2.81 bits per heavy atom. The van der Waals surface area contributed by atoms with Crippen LogP contribution in [0.3, 0.4) is 0 Å². The number of oxazole rings is 1. The first-order chi connectivity index (χ1) is 9.99. The number of fused-ring (bicyclic) bond motifs is 1. The summed E-state index contributed by atoms with van der Waals surface area (Å²) in [5, 5.41) is 0. The lowest BCUT2D eigenvalue weighted by atomic mass is 9.79. The van der Waals surface area contributed by atoms with Gasteiger partial charge in [-0.05, 0) is 44.4 Å². The summed E-state index contributed by atoms with van der Waals surface area (Å²) in [5.74, 6) is 0.396. The fraction of sp³-hybridized carbons (Fsp3) is 0.412. The second kappa shape index (κ2) is 5.02. The Morgan fingerprint density at radius 1 is 1.38 bits per heavy atom. The van der Waals surface area contributed by atoms with Gasteiger partial charge in [0.2, 0.25) is 0 Å². The SMILES string of the molecule is CC(=O)[C@H]1CCc2c(oc(=O)n2-c2cccc(C)c2)[C@H]1C. The number of aromatic nitrogens is 1. The van der Waals surface area contributed by atoms with Crippen LogP contribution in [0.25, 0.3) is 5.69 Å². The topological polar surface area (TPSA) is 52.2 Å². The van der Waals surface area contributed by atoms with E-state index in [4.69, 9.17) is 4.42 Å². The predicted octanol–water partition coefficient (Wildman–Crippen LogP) is 2.99. The average molecular weight is 285 g/mol.